The van der Waals surface area contributed by atoms with Crippen LogP contribution in [-0.2, 0) is 6.18 Å². The summed E-state index contributed by atoms with van der Waals surface area (Å²) in [6, 6.07) is 1.80. The highest BCUT2D eigenvalue weighted by Crippen LogP contribution is 2.34. The average molecular weight is 210 g/mol. The second-order valence-electron chi connectivity index (χ2n) is 2.69. The van der Waals surface area contributed by atoms with Gasteiger partial charge in [0.05, 0.1) is 16.3 Å². The van der Waals surface area contributed by atoms with Crippen LogP contribution >= 0.6 is 11.6 Å². The number of halogens is 4. The van der Waals surface area contributed by atoms with Gasteiger partial charge in [-0.3, -0.25) is 0 Å². The smallest absolute Gasteiger partial charge is 0.398 e. The van der Waals surface area contributed by atoms with Gasteiger partial charge >= 0.3 is 6.18 Å². The van der Waals surface area contributed by atoms with E-state index in [2.05, 4.69) is 0 Å². The Balaban J connectivity index is 3.29. The van der Waals surface area contributed by atoms with Crippen LogP contribution in [0.15, 0.2) is 12.1 Å². The minimum atomic E-state index is -4.37. The molecule has 1 aromatic rings. The van der Waals surface area contributed by atoms with Crippen LogP contribution in [-0.4, -0.2) is 0 Å². The van der Waals surface area contributed by atoms with Crippen LogP contribution in [0.2, 0.25) is 5.02 Å². The van der Waals surface area contributed by atoms with Crippen LogP contribution in [0.3, 0.4) is 0 Å². The summed E-state index contributed by atoms with van der Waals surface area (Å²) in [6.07, 6.45) is -4.37. The lowest BCUT2D eigenvalue weighted by Gasteiger charge is -2.10. The molecule has 0 saturated carbocycles. The number of hydrogen-bond acceptors (Lipinski definition) is 1. The third-order valence-corrected chi connectivity index (χ3v) is 2.13. The van der Waals surface area contributed by atoms with E-state index in [0.717, 1.165) is 12.1 Å². The van der Waals surface area contributed by atoms with Crippen molar-refractivity contribution in [3.63, 3.8) is 0 Å². The van der Waals surface area contributed by atoms with Crippen molar-refractivity contribution in [3.8, 4) is 0 Å². The summed E-state index contributed by atoms with van der Waals surface area (Å²) in [5.74, 6) is 0. The van der Waals surface area contributed by atoms with Crippen LogP contribution in [0.1, 0.15) is 11.1 Å². The van der Waals surface area contributed by atoms with E-state index in [1.807, 2.05) is 0 Å². The first-order valence-electron chi connectivity index (χ1n) is 3.45. The molecule has 1 rings (SSSR count). The number of alkyl halides is 3. The van der Waals surface area contributed by atoms with Crippen LogP contribution in [0, 0.1) is 6.92 Å². The minimum Gasteiger partial charge on any atom is -0.398 e. The largest absolute Gasteiger partial charge is 0.416 e. The fourth-order valence-corrected chi connectivity index (χ4v) is 1.07. The van der Waals surface area contributed by atoms with Gasteiger partial charge in [-0.25, -0.2) is 0 Å². The zero-order valence-corrected chi connectivity index (χ0v) is 7.50. The van der Waals surface area contributed by atoms with E-state index in [9.17, 15) is 13.2 Å². The molecular formula is C8H7ClF3N. The predicted molar refractivity (Wildman–Crippen MR) is 45.6 cm³/mol. The predicted octanol–water partition coefficient (Wildman–Crippen LogP) is 3.25. The topological polar surface area (TPSA) is 26.0 Å². The SMILES string of the molecule is Cc1cc(C(F)(F)F)cc(N)c1Cl. The molecule has 0 aromatic heterocycles. The van der Waals surface area contributed by atoms with Crippen LogP contribution in [0.5, 0.6) is 0 Å². The molecule has 0 unspecified atom stereocenters. The summed E-state index contributed by atoms with van der Waals surface area (Å²) in [6.45, 7) is 1.48. The molecule has 5 heteroatoms. The molecule has 2 N–H and O–H groups in total. The zero-order valence-electron chi connectivity index (χ0n) is 6.74. The molecular weight excluding hydrogens is 203 g/mol. The standard InChI is InChI=1S/C8H7ClF3N/c1-4-2-5(8(10,11)12)3-6(13)7(4)9/h2-3H,13H2,1H3. The second-order valence-corrected chi connectivity index (χ2v) is 3.07. The second kappa shape index (κ2) is 3.10. The summed E-state index contributed by atoms with van der Waals surface area (Å²) in [7, 11) is 0. The normalized spacial score (nSPS) is 11.8. The number of anilines is 1. The van der Waals surface area contributed by atoms with Crippen molar-refractivity contribution in [2.45, 2.75) is 13.1 Å². The van der Waals surface area contributed by atoms with Gasteiger partial charge in [0.15, 0.2) is 0 Å². The van der Waals surface area contributed by atoms with Crippen molar-refractivity contribution < 1.29 is 13.2 Å². The van der Waals surface area contributed by atoms with Crippen LogP contribution < -0.4 is 5.73 Å². The van der Waals surface area contributed by atoms with E-state index in [1.54, 1.807) is 0 Å². The molecule has 0 atom stereocenters. The molecule has 0 saturated heterocycles. The third kappa shape index (κ3) is 2.06. The molecule has 0 radical (unpaired) electrons. The summed E-state index contributed by atoms with van der Waals surface area (Å²) in [5.41, 5.74) is 4.80. The number of rotatable bonds is 0. The Morgan fingerprint density at radius 1 is 1.31 bits per heavy atom. The van der Waals surface area contributed by atoms with Crippen molar-refractivity contribution in [2.75, 3.05) is 5.73 Å². The molecule has 1 nitrogen and oxygen atoms in total. The molecule has 0 fully saturated rings. The monoisotopic (exact) mass is 209 g/mol. The maximum Gasteiger partial charge on any atom is 0.416 e. The lowest BCUT2D eigenvalue weighted by atomic mass is 10.1. The summed E-state index contributed by atoms with van der Waals surface area (Å²) >= 11 is 5.61. The number of hydrogen-bond donors (Lipinski definition) is 1. The lowest BCUT2D eigenvalue weighted by Crippen LogP contribution is -2.06. The molecule has 72 valence electrons. The highest BCUT2D eigenvalue weighted by atomic mass is 35.5. The first kappa shape index (κ1) is 10.2. The molecule has 13 heavy (non-hydrogen) atoms. The van der Waals surface area contributed by atoms with Crippen molar-refractivity contribution >= 4 is 17.3 Å². The number of benzene rings is 1. The van der Waals surface area contributed by atoms with Gasteiger partial charge in [0.1, 0.15) is 0 Å². The maximum atomic E-state index is 12.2. The number of aryl methyl sites for hydroxylation is 1. The first-order valence-corrected chi connectivity index (χ1v) is 3.83. The Morgan fingerprint density at radius 3 is 2.23 bits per heavy atom. The molecule has 0 bridgehead atoms. The highest BCUT2D eigenvalue weighted by Gasteiger charge is 2.31. The molecule has 1 aromatic carbocycles. The van der Waals surface area contributed by atoms with Crippen molar-refractivity contribution in [3.05, 3.63) is 28.3 Å². The molecule has 0 aliphatic carbocycles. The molecule has 0 amide bonds. The third-order valence-electron chi connectivity index (χ3n) is 1.61. The number of nitrogen functional groups attached to an aromatic ring is 1. The van der Waals surface area contributed by atoms with Crippen molar-refractivity contribution in [1.82, 2.24) is 0 Å². The van der Waals surface area contributed by atoms with Gasteiger partial charge in [0.2, 0.25) is 0 Å². The fraction of sp³-hybridized carbons (Fsp3) is 0.250. The van der Waals surface area contributed by atoms with E-state index in [1.165, 1.54) is 6.92 Å². The van der Waals surface area contributed by atoms with Crippen LogP contribution in [0.25, 0.3) is 0 Å². The van der Waals surface area contributed by atoms with Gasteiger partial charge in [-0.15, -0.1) is 0 Å². The average Bonchev–Trinajstić information content (AvgIpc) is 1.97. The fourth-order valence-electron chi connectivity index (χ4n) is 0.961. The molecule has 0 heterocycles. The van der Waals surface area contributed by atoms with Crippen molar-refractivity contribution in [2.24, 2.45) is 0 Å². The summed E-state index contributed by atoms with van der Waals surface area (Å²) in [5, 5.41) is 0.174. The minimum absolute atomic E-state index is 0.0472. The van der Waals surface area contributed by atoms with Gasteiger partial charge in [-0.2, -0.15) is 13.2 Å². The van der Waals surface area contributed by atoms with E-state index >= 15 is 0 Å². The molecule has 0 spiro atoms. The summed E-state index contributed by atoms with van der Waals surface area (Å²) < 4.78 is 36.5. The Kier molecular flexibility index (Phi) is 2.43. The molecule has 0 aliphatic rings. The van der Waals surface area contributed by atoms with Gasteiger partial charge in [0, 0.05) is 0 Å². The zero-order chi connectivity index (χ0) is 10.2. The van der Waals surface area contributed by atoms with E-state index < -0.39 is 11.7 Å². The van der Waals surface area contributed by atoms with Gasteiger partial charge < -0.3 is 5.73 Å². The molecule has 0 aliphatic heterocycles. The van der Waals surface area contributed by atoms with Gasteiger partial charge in [-0.05, 0) is 24.6 Å². The lowest BCUT2D eigenvalue weighted by molar-refractivity contribution is -0.137. The van der Waals surface area contributed by atoms with E-state index in [0.29, 0.717) is 5.56 Å². The number of nitrogens with two attached hydrogens (primary N) is 1. The van der Waals surface area contributed by atoms with E-state index in [-0.39, 0.29) is 10.7 Å². The highest BCUT2D eigenvalue weighted by molar-refractivity contribution is 6.33. The van der Waals surface area contributed by atoms with Crippen molar-refractivity contribution in [1.29, 1.82) is 0 Å². The van der Waals surface area contributed by atoms with Gasteiger partial charge in [0.25, 0.3) is 0 Å². The first-order chi connectivity index (χ1) is 5.82. The Labute approximate surface area is 78.3 Å². The van der Waals surface area contributed by atoms with E-state index in [4.69, 9.17) is 17.3 Å². The van der Waals surface area contributed by atoms with Gasteiger partial charge in [-0.1, -0.05) is 11.6 Å². The van der Waals surface area contributed by atoms with Crippen LogP contribution in [0.4, 0.5) is 18.9 Å². The Morgan fingerprint density at radius 2 is 1.85 bits per heavy atom. The Hall–Kier alpha value is -0.900. The maximum absolute atomic E-state index is 12.2. The Bertz CT molecular complexity index is 310. The summed E-state index contributed by atoms with van der Waals surface area (Å²) in [4.78, 5) is 0. The quantitative estimate of drug-likeness (QED) is 0.652.